The Kier molecular flexibility index (Phi) is 4.99. The molecule has 1 unspecified atom stereocenters. The lowest BCUT2D eigenvalue weighted by molar-refractivity contribution is 0.514. The van der Waals surface area contributed by atoms with Crippen molar-refractivity contribution in [1.29, 1.82) is 0 Å². The number of hydrogen-bond donors (Lipinski definition) is 1. The molecule has 1 N–H and O–H groups in total. The lowest BCUT2D eigenvalue weighted by Crippen LogP contribution is -2.33. The van der Waals surface area contributed by atoms with Crippen molar-refractivity contribution in [2.75, 3.05) is 6.54 Å². The molecule has 1 aromatic carbocycles. The minimum Gasteiger partial charge on any atom is -0.314 e. The van der Waals surface area contributed by atoms with Crippen LogP contribution >= 0.6 is 11.3 Å². The Morgan fingerprint density at radius 3 is 2.53 bits per heavy atom. The van der Waals surface area contributed by atoms with Crippen LogP contribution in [-0.2, 0) is 12.8 Å². The van der Waals surface area contributed by atoms with Gasteiger partial charge in [0, 0.05) is 30.1 Å². The van der Waals surface area contributed by atoms with Crippen molar-refractivity contribution in [2.24, 2.45) is 0 Å². The molecule has 0 spiro atoms. The van der Waals surface area contributed by atoms with Gasteiger partial charge in [0.15, 0.2) is 0 Å². The Hall–Kier alpha value is -1.33. The van der Waals surface area contributed by atoms with Gasteiger partial charge in [0.05, 0.1) is 5.01 Å². The standard InChI is InChI=1S/C14H16F2N2S/c1-2-17-13(9-14-18-3-4-19-14)7-10-5-11(15)8-12(16)6-10/h3-6,8,13,17H,2,7,9H2,1H3. The SMILES string of the molecule is CCNC(Cc1cc(F)cc(F)c1)Cc1nccs1. The summed E-state index contributed by atoms with van der Waals surface area (Å²) in [5, 5.41) is 6.29. The number of rotatable bonds is 6. The van der Waals surface area contributed by atoms with Crippen LogP contribution in [0.2, 0.25) is 0 Å². The van der Waals surface area contributed by atoms with E-state index in [1.807, 2.05) is 12.3 Å². The van der Waals surface area contributed by atoms with E-state index in [-0.39, 0.29) is 6.04 Å². The molecule has 1 aromatic heterocycles. The fourth-order valence-electron chi connectivity index (χ4n) is 2.08. The summed E-state index contributed by atoms with van der Waals surface area (Å²) in [5.74, 6) is -1.06. The van der Waals surface area contributed by atoms with Gasteiger partial charge in [-0.1, -0.05) is 6.92 Å². The van der Waals surface area contributed by atoms with Gasteiger partial charge < -0.3 is 5.32 Å². The maximum Gasteiger partial charge on any atom is 0.126 e. The quantitative estimate of drug-likeness (QED) is 0.880. The van der Waals surface area contributed by atoms with Gasteiger partial charge in [0.1, 0.15) is 11.6 Å². The van der Waals surface area contributed by atoms with E-state index in [9.17, 15) is 8.78 Å². The van der Waals surface area contributed by atoms with E-state index in [2.05, 4.69) is 10.3 Å². The molecule has 0 aliphatic heterocycles. The average Bonchev–Trinajstić information content (AvgIpc) is 2.80. The smallest absolute Gasteiger partial charge is 0.126 e. The Morgan fingerprint density at radius 2 is 1.95 bits per heavy atom. The van der Waals surface area contributed by atoms with Crippen molar-refractivity contribution in [1.82, 2.24) is 10.3 Å². The summed E-state index contributed by atoms with van der Waals surface area (Å²) in [4.78, 5) is 4.25. The van der Waals surface area contributed by atoms with Crippen molar-refractivity contribution in [3.8, 4) is 0 Å². The summed E-state index contributed by atoms with van der Waals surface area (Å²) in [6, 6.07) is 3.80. The summed E-state index contributed by atoms with van der Waals surface area (Å²) in [6.45, 7) is 2.83. The summed E-state index contributed by atoms with van der Waals surface area (Å²) >= 11 is 1.59. The Morgan fingerprint density at radius 1 is 1.21 bits per heavy atom. The number of thiazole rings is 1. The fraction of sp³-hybridized carbons (Fsp3) is 0.357. The van der Waals surface area contributed by atoms with E-state index >= 15 is 0 Å². The number of halogens is 2. The van der Waals surface area contributed by atoms with Gasteiger partial charge in [-0.15, -0.1) is 11.3 Å². The lowest BCUT2D eigenvalue weighted by Gasteiger charge is -2.16. The molecular weight excluding hydrogens is 266 g/mol. The summed E-state index contributed by atoms with van der Waals surface area (Å²) in [7, 11) is 0. The largest absolute Gasteiger partial charge is 0.314 e. The molecule has 0 bridgehead atoms. The van der Waals surface area contributed by atoms with E-state index in [0.29, 0.717) is 12.0 Å². The molecule has 0 saturated carbocycles. The van der Waals surface area contributed by atoms with E-state index in [1.54, 1.807) is 17.5 Å². The van der Waals surface area contributed by atoms with Gasteiger partial charge in [0.25, 0.3) is 0 Å². The zero-order valence-corrected chi connectivity index (χ0v) is 11.5. The number of aromatic nitrogens is 1. The van der Waals surface area contributed by atoms with Crippen LogP contribution in [0.3, 0.4) is 0 Å². The third-order valence-electron chi connectivity index (χ3n) is 2.80. The minimum absolute atomic E-state index is 0.136. The number of nitrogens with one attached hydrogen (secondary N) is 1. The Labute approximate surface area is 115 Å². The van der Waals surface area contributed by atoms with Gasteiger partial charge in [0.2, 0.25) is 0 Å². The first kappa shape index (κ1) is 14.1. The fourth-order valence-corrected chi connectivity index (χ4v) is 2.78. The molecule has 19 heavy (non-hydrogen) atoms. The second-order valence-electron chi connectivity index (χ2n) is 4.37. The maximum absolute atomic E-state index is 13.2. The lowest BCUT2D eigenvalue weighted by atomic mass is 10.0. The first-order chi connectivity index (χ1) is 9.17. The number of likely N-dealkylation sites (N-methyl/N-ethyl adjacent to an activating group) is 1. The molecule has 5 heteroatoms. The highest BCUT2D eigenvalue weighted by atomic mass is 32.1. The third-order valence-corrected chi connectivity index (χ3v) is 3.60. The van der Waals surface area contributed by atoms with Crippen LogP contribution in [0, 0.1) is 11.6 Å². The van der Waals surface area contributed by atoms with Crippen LogP contribution in [0.25, 0.3) is 0 Å². The number of hydrogen-bond acceptors (Lipinski definition) is 3. The molecule has 0 saturated heterocycles. The first-order valence-corrected chi connectivity index (χ1v) is 7.12. The van der Waals surface area contributed by atoms with E-state index < -0.39 is 11.6 Å². The van der Waals surface area contributed by atoms with Crippen LogP contribution in [-0.4, -0.2) is 17.6 Å². The third kappa shape index (κ3) is 4.36. The minimum atomic E-state index is -0.528. The van der Waals surface area contributed by atoms with E-state index in [4.69, 9.17) is 0 Å². The van der Waals surface area contributed by atoms with Gasteiger partial charge in [-0.3, -0.25) is 0 Å². The molecule has 1 heterocycles. The normalized spacial score (nSPS) is 12.6. The number of nitrogens with zero attached hydrogens (tertiary/aromatic N) is 1. The highest BCUT2D eigenvalue weighted by Gasteiger charge is 2.12. The van der Waals surface area contributed by atoms with Crippen molar-refractivity contribution < 1.29 is 8.78 Å². The molecule has 0 aliphatic carbocycles. The molecule has 102 valence electrons. The average molecular weight is 282 g/mol. The molecule has 0 radical (unpaired) electrons. The van der Waals surface area contributed by atoms with Crippen molar-refractivity contribution in [3.05, 3.63) is 52.0 Å². The second-order valence-corrected chi connectivity index (χ2v) is 5.35. The summed E-state index contributed by atoms with van der Waals surface area (Å²) in [5.41, 5.74) is 0.667. The molecule has 0 fully saturated rings. The van der Waals surface area contributed by atoms with Crippen LogP contribution in [0.5, 0.6) is 0 Å². The molecule has 2 nitrogen and oxygen atoms in total. The predicted octanol–water partition coefficient (Wildman–Crippen LogP) is 3.18. The van der Waals surface area contributed by atoms with Gasteiger partial charge in [-0.05, 0) is 30.7 Å². The highest BCUT2D eigenvalue weighted by Crippen LogP contribution is 2.14. The monoisotopic (exact) mass is 282 g/mol. The van der Waals surface area contributed by atoms with Crippen molar-refractivity contribution in [2.45, 2.75) is 25.8 Å². The molecule has 2 aromatic rings. The molecule has 0 aliphatic rings. The molecule has 1 atom stereocenters. The van der Waals surface area contributed by atoms with Gasteiger partial charge in [-0.25, -0.2) is 13.8 Å². The summed E-state index contributed by atoms with van der Waals surface area (Å²) in [6.07, 6.45) is 3.12. The second kappa shape index (κ2) is 6.73. The van der Waals surface area contributed by atoms with Crippen LogP contribution in [0.4, 0.5) is 8.78 Å². The van der Waals surface area contributed by atoms with Crippen LogP contribution < -0.4 is 5.32 Å². The van der Waals surface area contributed by atoms with Crippen molar-refractivity contribution in [3.63, 3.8) is 0 Å². The Balaban J connectivity index is 2.07. The molecular formula is C14H16F2N2S. The molecule has 0 amide bonds. The summed E-state index contributed by atoms with van der Waals surface area (Å²) < 4.78 is 26.3. The number of benzene rings is 1. The van der Waals surface area contributed by atoms with Crippen LogP contribution in [0.1, 0.15) is 17.5 Å². The van der Waals surface area contributed by atoms with Gasteiger partial charge >= 0.3 is 0 Å². The van der Waals surface area contributed by atoms with Crippen LogP contribution in [0.15, 0.2) is 29.8 Å². The van der Waals surface area contributed by atoms with E-state index in [0.717, 1.165) is 24.0 Å². The highest BCUT2D eigenvalue weighted by molar-refractivity contribution is 7.09. The van der Waals surface area contributed by atoms with E-state index in [1.165, 1.54) is 12.1 Å². The zero-order valence-electron chi connectivity index (χ0n) is 10.7. The zero-order chi connectivity index (χ0) is 13.7. The topological polar surface area (TPSA) is 24.9 Å². The Bertz CT molecular complexity index is 494. The first-order valence-electron chi connectivity index (χ1n) is 6.24. The molecule has 2 rings (SSSR count). The van der Waals surface area contributed by atoms with Crippen molar-refractivity contribution >= 4 is 11.3 Å². The maximum atomic E-state index is 13.2. The predicted molar refractivity (Wildman–Crippen MR) is 73.3 cm³/mol. The van der Waals surface area contributed by atoms with Gasteiger partial charge in [-0.2, -0.15) is 0 Å².